The molecular weight excluding hydrogens is 211 g/mol. The monoisotopic (exact) mass is 218 g/mol. The average Bonchev–Trinajstić information content (AvgIpc) is 2.08. The molecule has 0 amide bonds. The lowest BCUT2D eigenvalue weighted by Gasteiger charge is -2.05. The van der Waals surface area contributed by atoms with Crippen LogP contribution in [-0.4, -0.2) is 17.0 Å². The van der Waals surface area contributed by atoms with Gasteiger partial charge in [-0.25, -0.2) is 0 Å². The minimum Gasteiger partial charge on any atom is -0.385 e. The molecule has 0 aliphatic carbocycles. The van der Waals surface area contributed by atoms with Gasteiger partial charge in [0.25, 0.3) is 0 Å². The third-order valence-corrected chi connectivity index (χ3v) is 2.14. The number of rotatable bonds is 2. The van der Waals surface area contributed by atoms with E-state index in [0.29, 0.717) is 10.0 Å². The molecule has 1 atom stereocenters. The summed E-state index contributed by atoms with van der Waals surface area (Å²) in [5.74, 6) is -0.424. The molecule has 0 bridgehead atoms. The Balaban J connectivity index is 3.13. The van der Waals surface area contributed by atoms with E-state index in [2.05, 4.69) is 0 Å². The first-order valence-electron chi connectivity index (χ1n) is 3.69. The zero-order valence-corrected chi connectivity index (χ0v) is 8.43. The Labute approximate surface area is 86.1 Å². The Kier molecular flexibility index (Phi) is 3.31. The maximum absolute atomic E-state index is 11.3. The van der Waals surface area contributed by atoms with Crippen molar-refractivity contribution >= 4 is 29.0 Å². The molecule has 0 aliphatic heterocycles. The highest BCUT2D eigenvalue weighted by atomic mass is 35.5. The molecule has 0 heterocycles. The first kappa shape index (κ1) is 10.5. The van der Waals surface area contributed by atoms with Crippen molar-refractivity contribution in [3.63, 3.8) is 0 Å². The van der Waals surface area contributed by atoms with Crippen molar-refractivity contribution in [3.8, 4) is 0 Å². The van der Waals surface area contributed by atoms with E-state index in [1.165, 1.54) is 19.1 Å². The fraction of sp³-hybridized carbons (Fsp3) is 0.222. The first-order chi connectivity index (χ1) is 6.02. The van der Waals surface area contributed by atoms with Crippen molar-refractivity contribution in [3.05, 3.63) is 33.8 Å². The molecule has 1 aromatic carbocycles. The molecule has 2 nitrogen and oxygen atoms in total. The second kappa shape index (κ2) is 4.09. The number of halogens is 2. The lowest BCUT2D eigenvalue weighted by molar-refractivity contribution is 0.0779. The van der Waals surface area contributed by atoms with E-state index in [4.69, 9.17) is 28.3 Å². The van der Waals surface area contributed by atoms with E-state index in [-0.39, 0.29) is 5.56 Å². The van der Waals surface area contributed by atoms with Gasteiger partial charge in [0, 0.05) is 10.6 Å². The van der Waals surface area contributed by atoms with Gasteiger partial charge in [-0.1, -0.05) is 23.2 Å². The van der Waals surface area contributed by atoms with Crippen LogP contribution in [0, 0.1) is 0 Å². The number of benzene rings is 1. The number of Topliss-reactive ketones (excluding diaryl/α,β-unsaturated/α-hetero) is 1. The predicted octanol–water partition coefficient (Wildman–Crippen LogP) is 2.56. The molecule has 0 saturated carbocycles. The molecule has 70 valence electrons. The molecule has 1 N–H and O–H groups in total. The molecule has 0 aliphatic rings. The quantitative estimate of drug-likeness (QED) is 0.776. The molecule has 0 fully saturated rings. The lowest BCUT2D eigenvalue weighted by atomic mass is 10.1. The van der Waals surface area contributed by atoms with Crippen LogP contribution in [0.2, 0.25) is 10.0 Å². The summed E-state index contributed by atoms with van der Waals surface area (Å²) in [5, 5.41) is 9.76. The maximum atomic E-state index is 11.3. The van der Waals surface area contributed by atoms with E-state index in [0.717, 1.165) is 0 Å². The van der Waals surface area contributed by atoms with E-state index in [9.17, 15) is 4.79 Å². The number of aliphatic hydroxyl groups excluding tert-OH is 1. The predicted molar refractivity (Wildman–Crippen MR) is 52.5 cm³/mol. The molecule has 4 heteroatoms. The van der Waals surface area contributed by atoms with Gasteiger partial charge in [-0.2, -0.15) is 0 Å². The summed E-state index contributed by atoms with van der Waals surface area (Å²) in [6.45, 7) is 1.39. The van der Waals surface area contributed by atoms with Gasteiger partial charge in [0.05, 0.1) is 5.02 Å². The number of carbonyl (C=O) groups excluding carboxylic acids is 1. The minimum atomic E-state index is -1.06. The first-order valence-corrected chi connectivity index (χ1v) is 4.45. The largest absolute Gasteiger partial charge is 0.385 e. The second-order valence-electron chi connectivity index (χ2n) is 2.66. The minimum absolute atomic E-state index is 0.254. The summed E-state index contributed by atoms with van der Waals surface area (Å²) in [5.41, 5.74) is 0.254. The Morgan fingerprint density at radius 3 is 2.62 bits per heavy atom. The molecular formula is C9H8Cl2O2. The highest BCUT2D eigenvalue weighted by Crippen LogP contribution is 2.21. The zero-order valence-electron chi connectivity index (χ0n) is 6.92. The summed E-state index contributed by atoms with van der Waals surface area (Å²) in [4.78, 5) is 11.3. The molecule has 0 radical (unpaired) electrons. The SMILES string of the molecule is CC(O)C(=O)c1cc(Cl)ccc1Cl. The summed E-state index contributed by atoms with van der Waals surface area (Å²) in [6, 6.07) is 4.56. The van der Waals surface area contributed by atoms with Crippen LogP contribution in [0.1, 0.15) is 17.3 Å². The van der Waals surface area contributed by atoms with Crippen LogP contribution in [0.4, 0.5) is 0 Å². The summed E-state index contributed by atoms with van der Waals surface area (Å²) < 4.78 is 0. The van der Waals surface area contributed by atoms with Gasteiger partial charge in [0.15, 0.2) is 5.78 Å². The Morgan fingerprint density at radius 2 is 2.08 bits per heavy atom. The van der Waals surface area contributed by atoms with Crippen molar-refractivity contribution in [2.24, 2.45) is 0 Å². The number of aliphatic hydroxyl groups is 1. The van der Waals surface area contributed by atoms with Crippen molar-refractivity contribution in [2.75, 3.05) is 0 Å². The van der Waals surface area contributed by atoms with Gasteiger partial charge in [-0.3, -0.25) is 4.79 Å². The summed E-state index contributed by atoms with van der Waals surface area (Å²) in [6.07, 6.45) is -1.06. The third kappa shape index (κ3) is 2.44. The van der Waals surface area contributed by atoms with Crippen molar-refractivity contribution in [1.29, 1.82) is 0 Å². The van der Waals surface area contributed by atoms with Crippen molar-refractivity contribution in [2.45, 2.75) is 13.0 Å². The van der Waals surface area contributed by atoms with Crippen molar-refractivity contribution in [1.82, 2.24) is 0 Å². The van der Waals surface area contributed by atoms with Gasteiger partial charge < -0.3 is 5.11 Å². The zero-order chi connectivity index (χ0) is 10.0. The fourth-order valence-electron chi connectivity index (χ4n) is 0.911. The highest BCUT2D eigenvalue weighted by molar-refractivity contribution is 6.36. The van der Waals surface area contributed by atoms with Crippen LogP contribution in [0.5, 0.6) is 0 Å². The smallest absolute Gasteiger partial charge is 0.192 e. The highest BCUT2D eigenvalue weighted by Gasteiger charge is 2.15. The lowest BCUT2D eigenvalue weighted by Crippen LogP contribution is -2.16. The molecule has 0 saturated heterocycles. The normalized spacial score (nSPS) is 12.6. The molecule has 13 heavy (non-hydrogen) atoms. The molecule has 0 spiro atoms. The maximum Gasteiger partial charge on any atom is 0.192 e. The van der Waals surface area contributed by atoms with Crippen LogP contribution in [0.15, 0.2) is 18.2 Å². The van der Waals surface area contributed by atoms with Gasteiger partial charge in [-0.05, 0) is 25.1 Å². The van der Waals surface area contributed by atoms with E-state index in [1.807, 2.05) is 0 Å². The second-order valence-corrected chi connectivity index (χ2v) is 3.51. The summed E-state index contributed by atoms with van der Waals surface area (Å²) in [7, 11) is 0. The Bertz CT molecular complexity index is 334. The molecule has 1 aromatic rings. The van der Waals surface area contributed by atoms with Gasteiger partial charge in [-0.15, -0.1) is 0 Å². The van der Waals surface area contributed by atoms with Crippen LogP contribution in [0.3, 0.4) is 0 Å². The third-order valence-electron chi connectivity index (χ3n) is 1.57. The average molecular weight is 219 g/mol. The van der Waals surface area contributed by atoms with Crippen LogP contribution in [0.25, 0.3) is 0 Å². The molecule has 0 aromatic heterocycles. The standard InChI is InChI=1S/C9H8Cl2O2/c1-5(12)9(13)7-4-6(10)2-3-8(7)11/h2-5,12H,1H3. The van der Waals surface area contributed by atoms with Crippen LogP contribution in [-0.2, 0) is 0 Å². The summed E-state index contributed by atoms with van der Waals surface area (Å²) >= 11 is 11.4. The molecule has 1 unspecified atom stereocenters. The van der Waals surface area contributed by atoms with E-state index < -0.39 is 11.9 Å². The van der Waals surface area contributed by atoms with Crippen LogP contribution >= 0.6 is 23.2 Å². The van der Waals surface area contributed by atoms with Crippen molar-refractivity contribution < 1.29 is 9.90 Å². The van der Waals surface area contributed by atoms with Gasteiger partial charge in [0.1, 0.15) is 6.10 Å². The van der Waals surface area contributed by atoms with Crippen LogP contribution < -0.4 is 0 Å². The van der Waals surface area contributed by atoms with Gasteiger partial charge in [0.2, 0.25) is 0 Å². The topological polar surface area (TPSA) is 37.3 Å². The Morgan fingerprint density at radius 1 is 1.46 bits per heavy atom. The fourth-order valence-corrected chi connectivity index (χ4v) is 1.29. The number of hydrogen-bond donors (Lipinski definition) is 1. The van der Waals surface area contributed by atoms with E-state index in [1.54, 1.807) is 6.07 Å². The van der Waals surface area contributed by atoms with Gasteiger partial charge >= 0.3 is 0 Å². The number of ketones is 1. The van der Waals surface area contributed by atoms with E-state index >= 15 is 0 Å². The number of carbonyl (C=O) groups is 1. The number of hydrogen-bond acceptors (Lipinski definition) is 2. The Hall–Kier alpha value is -0.570. The molecule has 1 rings (SSSR count).